The van der Waals surface area contributed by atoms with E-state index in [0.29, 0.717) is 91.7 Å². The quantitative estimate of drug-likeness (QED) is 0.0190. The molecule has 6 unspecified atom stereocenters. The number of carboxylic acid groups (broad SMARTS) is 2. The molecule has 0 fully saturated rings. The SMILES string of the molecule is CCCCCCCCCCCCCCC(C(=O)[O-])[N+]1(C)CCc2cc(OC)c3cc2C1Cc1ccc(cc1)Oc1cc(ccc1OC)CC1c2c(cc(OC)c(OC(C)=O)c2O3)CC[N+]1(C)C(CCCCCCCCCCCCCC)C(=O)[O-]. The Morgan fingerprint density at radius 1 is 0.524 bits per heavy atom. The number of ether oxygens (including phenoxy) is 6. The Morgan fingerprint density at radius 2 is 0.964 bits per heavy atom. The number of aliphatic carboxylic acids is 2. The van der Waals surface area contributed by atoms with E-state index in [1.54, 1.807) is 14.2 Å². The number of quaternary nitrogens is 2. The Balaban J connectivity index is 1.29. The lowest BCUT2D eigenvalue weighted by atomic mass is 9.83. The molecule has 462 valence electrons. The van der Waals surface area contributed by atoms with Crippen molar-refractivity contribution in [2.24, 2.45) is 0 Å². The van der Waals surface area contributed by atoms with E-state index in [1.165, 1.54) is 117 Å². The van der Waals surface area contributed by atoms with Gasteiger partial charge in [0.25, 0.3) is 0 Å². The number of nitrogens with zero attached hydrogens (tertiary/aromatic N) is 2. The highest BCUT2D eigenvalue weighted by atomic mass is 16.6. The number of hydrogen-bond donors (Lipinski definition) is 0. The third kappa shape index (κ3) is 17.0. The van der Waals surface area contributed by atoms with E-state index in [0.717, 1.165) is 79.2 Å². The summed E-state index contributed by atoms with van der Waals surface area (Å²) in [5, 5.41) is 27.6. The summed E-state index contributed by atoms with van der Waals surface area (Å²) in [6.45, 7) is 6.87. The summed E-state index contributed by atoms with van der Waals surface area (Å²) >= 11 is 0. The molecule has 8 rings (SSSR count). The van der Waals surface area contributed by atoms with Crippen LogP contribution >= 0.6 is 0 Å². The standard InChI is InChI=1S/C71H102N2O11/c1-9-11-13-15-17-19-21-23-25-27-29-31-33-58(70(75)76)72(4)43-41-54-48-63(80-7)65-50-57(54)60(72)45-52-35-38-56(39-36-52)83-64-47-53(37-40-62(64)79-6)46-61-67-55(49-66(81-8)68(69(67)84-65)82-51(3)74)42-44-73(61,5)59(71(77)78)34-32-30-28-26-24-22-20-18-16-14-12-10-2/h35-40,47-50,58-61H,9-34,41-46H2,1-8H3. The van der Waals surface area contributed by atoms with Crippen LogP contribution in [0.3, 0.4) is 0 Å². The lowest BCUT2D eigenvalue weighted by molar-refractivity contribution is -0.958. The largest absolute Gasteiger partial charge is 0.544 e. The van der Waals surface area contributed by atoms with Gasteiger partial charge in [-0.15, -0.1) is 0 Å². The van der Waals surface area contributed by atoms with Crippen LogP contribution in [0.4, 0.5) is 0 Å². The molecule has 6 bridgehead atoms. The van der Waals surface area contributed by atoms with Crippen LogP contribution < -0.4 is 38.6 Å². The first-order valence-electron chi connectivity index (χ1n) is 32.5. The lowest BCUT2D eigenvalue weighted by Gasteiger charge is -2.51. The van der Waals surface area contributed by atoms with E-state index in [9.17, 15) is 24.6 Å². The number of hydrogen-bond acceptors (Lipinski definition) is 11. The van der Waals surface area contributed by atoms with Gasteiger partial charge in [0.05, 0.1) is 66.0 Å². The number of carboxylic acids is 2. The van der Waals surface area contributed by atoms with Crippen molar-refractivity contribution >= 4 is 17.9 Å². The van der Waals surface area contributed by atoms with Crippen molar-refractivity contribution in [2.75, 3.05) is 48.5 Å². The van der Waals surface area contributed by atoms with Gasteiger partial charge in [0.2, 0.25) is 5.75 Å². The molecule has 0 radical (unpaired) electrons. The molecular weight excluding hydrogens is 1060 g/mol. The molecule has 0 saturated carbocycles. The molecule has 4 aliphatic rings. The van der Waals surface area contributed by atoms with Gasteiger partial charge in [-0.25, -0.2) is 0 Å². The van der Waals surface area contributed by atoms with Crippen LogP contribution in [0.15, 0.2) is 60.7 Å². The van der Waals surface area contributed by atoms with Crippen molar-refractivity contribution in [1.29, 1.82) is 0 Å². The number of fused-ring (bicyclic) bond motifs is 2. The van der Waals surface area contributed by atoms with Crippen molar-refractivity contribution in [3.8, 4) is 46.0 Å². The minimum Gasteiger partial charge on any atom is -0.544 e. The third-order valence-electron chi connectivity index (χ3n) is 19.1. The molecule has 0 aromatic heterocycles. The maximum absolute atomic E-state index is 13.9. The molecule has 13 nitrogen and oxygen atoms in total. The van der Waals surface area contributed by atoms with E-state index in [4.69, 9.17) is 28.4 Å². The van der Waals surface area contributed by atoms with Gasteiger partial charge in [0.15, 0.2) is 34.5 Å². The smallest absolute Gasteiger partial charge is 0.308 e. The second-order valence-electron chi connectivity index (χ2n) is 25.0. The highest BCUT2D eigenvalue weighted by Gasteiger charge is 2.49. The minimum atomic E-state index is -1.11. The van der Waals surface area contributed by atoms with E-state index in [-0.39, 0.29) is 26.5 Å². The zero-order valence-electron chi connectivity index (χ0n) is 52.6. The molecule has 0 aliphatic carbocycles. The number of carbonyl (C=O) groups excluding carboxylic acids is 3. The van der Waals surface area contributed by atoms with Crippen LogP contribution in [-0.4, -0.2) is 87.5 Å². The van der Waals surface area contributed by atoms with Gasteiger partial charge in [-0.3, -0.25) is 4.79 Å². The number of likely N-dealkylation sites (N-methyl/N-ethyl adjacent to an activating group) is 2. The van der Waals surface area contributed by atoms with E-state index in [2.05, 4.69) is 20.9 Å². The summed E-state index contributed by atoms with van der Waals surface area (Å²) in [7, 11) is 8.84. The van der Waals surface area contributed by atoms with E-state index < -0.39 is 36.0 Å². The Morgan fingerprint density at radius 3 is 1.45 bits per heavy atom. The lowest BCUT2D eigenvalue weighted by Crippen LogP contribution is -2.63. The number of benzene rings is 4. The zero-order chi connectivity index (χ0) is 60.1. The van der Waals surface area contributed by atoms with Crippen molar-refractivity contribution in [3.05, 3.63) is 94.0 Å². The summed E-state index contributed by atoms with van der Waals surface area (Å²) in [6, 6.07) is 17.1. The van der Waals surface area contributed by atoms with Gasteiger partial charge in [-0.1, -0.05) is 173 Å². The third-order valence-corrected chi connectivity index (χ3v) is 19.1. The van der Waals surface area contributed by atoms with E-state index >= 15 is 0 Å². The van der Waals surface area contributed by atoms with Gasteiger partial charge in [-0.05, 0) is 77.6 Å². The summed E-state index contributed by atoms with van der Waals surface area (Å²) in [6.07, 6.45) is 31.0. The topological polar surface area (TPSA) is 153 Å². The average Bonchev–Trinajstić information content (AvgIpc) is 2.10. The zero-order valence-corrected chi connectivity index (χ0v) is 52.6. The van der Waals surface area contributed by atoms with Crippen molar-refractivity contribution in [2.45, 2.75) is 238 Å². The first kappa shape index (κ1) is 65.7. The van der Waals surface area contributed by atoms with Gasteiger partial charge in [-0.2, -0.15) is 0 Å². The molecule has 0 saturated heterocycles. The maximum Gasteiger partial charge on any atom is 0.308 e. The fraction of sp³-hybridized carbons (Fsp3) is 0.620. The highest BCUT2D eigenvalue weighted by molar-refractivity contribution is 5.75. The Kier molecular flexibility index (Phi) is 25.5. The van der Waals surface area contributed by atoms with E-state index in [1.807, 2.05) is 67.7 Å². The molecular formula is C71H102N2O11. The van der Waals surface area contributed by atoms with Crippen LogP contribution in [-0.2, 0) is 40.1 Å². The molecule has 4 aliphatic heterocycles. The Labute approximate surface area is 503 Å². The van der Waals surface area contributed by atoms with Crippen LogP contribution in [0.1, 0.15) is 233 Å². The predicted octanol–water partition coefficient (Wildman–Crippen LogP) is 14.5. The summed E-state index contributed by atoms with van der Waals surface area (Å²) in [5.74, 6) is 0.226. The van der Waals surface area contributed by atoms with Crippen LogP contribution in [0, 0.1) is 0 Å². The fourth-order valence-electron chi connectivity index (χ4n) is 14.1. The highest BCUT2D eigenvalue weighted by Crippen LogP contribution is 2.55. The number of esters is 1. The van der Waals surface area contributed by atoms with Crippen molar-refractivity contribution in [3.63, 3.8) is 0 Å². The van der Waals surface area contributed by atoms with Crippen molar-refractivity contribution in [1.82, 2.24) is 0 Å². The normalized spacial score (nSPS) is 19.6. The minimum absolute atomic E-state index is 0.0669. The molecule has 4 aromatic carbocycles. The van der Waals surface area contributed by atoms with Gasteiger partial charge in [0, 0.05) is 51.0 Å². The van der Waals surface area contributed by atoms with Crippen LogP contribution in [0.25, 0.3) is 0 Å². The Bertz CT molecular complexity index is 2740. The number of methoxy groups -OCH3 is 3. The molecule has 4 heterocycles. The second kappa shape index (κ2) is 32.6. The Hall–Kier alpha value is -5.79. The number of carbonyl (C=O) groups is 3. The molecule has 0 N–H and O–H groups in total. The van der Waals surface area contributed by atoms with Crippen LogP contribution in [0.5, 0.6) is 46.0 Å². The van der Waals surface area contributed by atoms with Gasteiger partial charge < -0.3 is 57.2 Å². The van der Waals surface area contributed by atoms with Crippen LogP contribution in [0.2, 0.25) is 0 Å². The van der Waals surface area contributed by atoms with Gasteiger partial charge >= 0.3 is 5.97 Å². The molecule has 0 amide bonds. The molecule has 84 heavy (non-hydrogen) atoms. The summed E-state index contributed by atoms with van der Waals surface area (Å²) in [5.41, 5.74) is 5.36. The molecule has 13 heteroatoms. The maximum atomic E-state index is 13.9. The van der Waals surface area contributed by atoms with Crippen molar-refractivity contribution < 1.29 is 62.0 Å². The van der Waals surface area contributed by atoms with Gasteiger partial charge in [0.1, 0.15) is 29.9 Å². The molecule has 6 atom stereocenters. The average molecular weight is 1160 g/mol. The summed E-state index contributed by atoms with van der Waals surface area (Å²) < 4.78 is 38.7. The fourth-order valence-corrected chi connectivity index (χ4v) is 14.1. The first-order valence-corrected chi connectivity index (χ1v) is 32.5. The second-order valence-corrected chi connectivity index (χ2v) is 25.0. The first-order chi connectivity index (χ1) is 40.7. The monoisotopic (exact) mass is 1160 g/mol. The molecule has 0 spiro atoms. The summed E-state index contributed by atoms with van der Waals surface area (Å²) in [4.78, 5) is 40.9. The predicted molar refractivity (Wildman–Crippen MR) is 328 cm³/mol. The molecule has 4 aromatic rings. The number of unbranched alkanes of at least 4 members (excludes halogenated alkanes) is 22. The number of rotatable bonds is 34.